The third-order valence-corrected chi connectivity index (χ3v) is 7.28. The number of aryl methyl sites for hydroxylation is 1. The van der Waals surface area contributed by atoms with Crippen molar-refractivity contribution < 1.29 is 42.7 Å². The van der Waals surface area contributed by atoms with Crippen LogP contribution in [-0.2, 0) is 30.4 Å². The van der Waals surface area contributed by atoms with Gasteiger partial charge >= 0.3 is 13.7 Å². The van der Waals surface area contributed by atoms with Crippen molar-refractivity contribution in [2.24, 2.45) is 7.05 Å². The van der Waals surface area contributed by atoms with E-state index in [9.17, 15) is 19.6 Å². The molecule has 0 amide bonds. The summed E-state index contributed by atoms with van der Waals surface area (Å²) in [6.07, 6.45) is -2.10. The molecule has 0 aliphatic carbocycles. The summed E-state index contributed by atoms with van der Waals surface area (Å²) in [6.45, 7) is 0.983. The van der Waals surface area contributed by atoms with Crippen LogP contribution in [0.5, 0.6) is 5.75 Å². The van der Waals surface area contributed by atoms with Crippen LogP contribution in [0.3, 0.4) is 0 Å². The number of benzene rings is 1. The topological polar surface area (TPSA) is 184 Å². The van der Waals surface area contributed by atoms with Crippen molar-refractivity contribution in [1.82, 2.24) is 19.6 Å². The van der Waals surface area contributed by atoms with Gasteiger partial charge in [-0.3, -0.25) is 13.9 Å². The Kier molecular flexibility index (Phi) is 7.54. The minimum atomic E-state index is -4.17. The average Bonchev–Trinajstić information content (AvgIpc) is 3.41. The van der Waals surface area contributed by atoms with Crippen molar-refractivity contribution in [1.29, 1.82) is 0 Å². The summed E-state index contributed by atoms with van der Waals surface area (Å²) in [5, 5.41) is 23.8. The molecule has 3 aromatic rings. The highest BCUT2D eigenvalue weighted by atomic mass is 31.2. The van der Waals surface area contributed by atoms with Crippen LogP contribution in [0.4, 0.5) is 5.82 Å². The second kappa shape index (κ2) is 10.5. The monoisotopic (exact) mass is 523 g/mol. The lowest BCUT2D eigenvalue weighted by Gasteiger charge is -2.24. The zero-order valence-corrected chi connectivity index (χ0v) is 20.7. The molecule has 5 N–H and O–H groups in total. The van der Waals surface area contributed by atoms with Crippen molar-refractivity contribution in [3.05, 3.63) is 43.0 Å². The number of fused-ring (bicyclic) bond motifs is 1. The number of hydrogen-bond acceptors (Lipinski definition) is 11. The smallest absolute Gasteiger partial charge is 0.459 e. The molecule has 0 radical (unpaired) electrons. The summed E-state index contributed by atoms with van der Waals surface area (Å²) < 4.78 is 38.1. The van der Waals surface area contributed by atoms with E-state index in [2.05, 4.69) is 19.8 Å². The number of rotatable bonds is 9. The number of nitrogen functional groups attached to an aromatic ring is 1. The van der Waals surface area contributed by atoms with Gasteiger partial charge in [-0.2, -0.15) is 5.09 Å². The highest BCUT2D eigenvalue weighted by Crippen LogP contribution is 2.46. The lowest BCUT2D eigenvalue weighted by molar-refractivity contribution is -0.658. The molecule has 1 saturated heterocycles. The van der Waals surface area contributed by atoms with Crippen molar-refractivity contribution in [3.63, 3.8) is 0 Å². The maximum Gasteiger partial charge on any atom is 0.459 e. The van der Waals surface area contributed by atoms with E-state index in [1.54, 1.807) is 41.9 Å². The van der Waals surface area contributed by atoms with Crippen LogP contribution >= 0.6 is 7.75 Å². The zero-order valence-electron chi connectivity index (χ0n) is 19.8. The lowest BCUT2D eigenvalue weighted by atomic mass is 10.1. The summed E-state index contributed by atoms with van der Waals surface area (Å²) in [6, 6.07) is 7.17. The van der Waals surface area contributed by atoms with E-state index in [1.165, 1.54) is 31.3 Å². The van der Waals surface area contributed by atoms with Crippen molar-refractivity contribution in [3.8, 4) is 5.75 Å². The predicted octanol–water partition coefficient (Wildman–Crippen LogP) is -0.188. The first-order valence-electron chi connectivity index (χ1n) is 11.0. The number of nitrogens with one attached hydrogen (secondary N) is 1. The Morgan fingerprint density at radius 1 is 1.31 bits per heavy atom. The van der Waals surface area contributed by atoms with E-state index in [0.29, 0.717) is 17.0 Å². The molecule has 3 heterocycles. The number of para-hydroxylation sites is 1. The van der Waals surface area contributed by atoms with Crippen LogP contribution in [0.25, 0.3) is 11.2 Å². The maximum absolute atomic E-state index is 13.5. The van der Waals surface area contributed by atoms with E-state index in [-0.39, 0.29) is 5.75 Å². The van der Waals surface area contributed by atoms with Crippen LogP contribution in [0.1, 0.15) is 13.2 Å². The van der Waals surface area contributed by atoms with Crippen molar-refractivity contribution in [2.75, 3.05) is 19.5 Å². The molecule has 1 aliphatic rings. The Bertz CT molecular complexity index is 1270. The van der Waals surface area contributed by atoms with E-state index < -0.39 is 50.9 Å². The number of hydrogen-bond donors (Lipinski definition) is 4. The van der Waals surface area contributed by atoms with Crippen molar-refractivity contribution in [2.45, 2.75) is 37.5 Å². The van der Waals surface area contributed by atoms with Gasteiger partial charge in [-0.1, -0.05) is 23.2 Å². The van der Waals surface area contributed by atoms with Gasteiger partial charge in [0, 0.05) is 0 Å². The molecule has 0 bridgehead atoms. The number of carbonyl (C=O) groups excluding carboxylic acids is 1. The quantitative estimate of drug-likeness (QED) is 0.165. The van der Waals surface area contributed by atoms with Gasteiger partial charge in [-0.15, -0.1) is 0 Å². The molecule has 14 nitrogen and oxygen atoms in total. The van der Waals surface area contributed by atoms with Gasteiger partial charge < -0.3 is 29.9 Å². The van der Waals surface area contributed by atoms with Gasteiger partial charge in [0.05, 0.1) is 20.8 Å². The first-order valence-corrected chi connectivity index (χ1v) is 12.5. The van der Waals surface area contributed by atoms with Crippen LogP contribution in [0.2, 0.25) is 0 Å². The average molecular weight is 523 g/mol. The molecular formula is C21H28N6O8P+. The van der Waals surface area contributed by atoms with Gasteiger partial charge in [0.2, 0.25) is 12.0 Å². The molecule has 3 unspecified atom stereocenters. The minimum absolute atomic E-state index is 0.220. The van der Waals surface area contributed by atoms with Gasteiger partial charge in [-0.05, 0) is 19.1 Å². The Morgan fingerprint density at radius 2 is 2.03 bits per heavy atom. The normalized spacial score (nSPS) is 24.4. The first kappa shape index (κ1) is 25.9. The number of aliphatic hydroxyl groups excluding tert-OH is 2. The second-order valence-electron chi connectivity index (χ2n) is 8.18. The number of anilines is 1. The van der Waals surface area contributed by atoms with Crippen LogP contribution in [0.15, 0.2) is 43.0 Å². The number of nitrogens with two attached hydrogens (primary N) is 1. The zero-order chi connectivity index (χ0) is 26.0. The lowest BCUT2D eigenvalue weighted by Crippen LogP contribution is -2.37. The number of ether oxygens (including phenoxy) is 2. The van der Waals surface area contributed by atoms with Gasteiger partial charge in [0.1, 0.15) is 36.4 Å². The fraction of sp³-hybridized carbons (Fsp3) is 0.429. The number of esters is 1. The molecule has 4 rings (SSSR count). The Balaban J connectivity index is 1.52. The molecule has 6 atom stereocenters. The molecular weight excluding hydrogens is 495 g/mol. The summed E-state index contributed by atoms with van der Waals surface area (Å²) in [7, 11) is -1.27. The third kappa shape index (κ3) is 5.19. The van der Waals surface area contributed by atoms with Crippen LogP contribution in [0, 0.1) is 0 Å². The molecule has 1 fully saturated rings. The van der Waals surface area contributed by atoms with E-state index in [4.69, 9.17) is 19.5 Å². The molecule has 2 aromatic heterocycles. The minimum Gasteiger partial charge on any atom is -0.468 e. The summed E-state index contributed by atoms with van der Waals surface area (Å²) in [5.74, 6) is -0.107. The Labute approximate surface area is 206 Å². The molecule has 36 heavy (non-hydrogen) atoms. The molecule has 1 aromatic carbocycles. The summed E-state index contributed by atoms with van der Waals surface area (Å²) in [4.78, 5) is 20.4. The van der Waals surface area contributed by atoms with E-state index in [0.717, 1.165) is 0 Å². The maximum atomic E-state index is 13.5. The van der Waals surface area contributed by atoms with Crippen LogP contribution < -0.4 is 19.9 Å². The van der Waals surface area contributed by atoms with Gasteiger partial charge in [0.25, 0.3) is 5.82 Å². The Hall–Kier alpha value is -3.13. The Morgan fingerprint density at radius 3 is 2.72 bits per heavy atom. The highest BCUT2D eigenvalue weighted by Gasteiger charge is 2.46. The molecule has 194 valence electrons. The van der Waals surface area contributed by atoms with E-state index in [1.807, 2.05) is 0 Å². The van der Waals surface area contributed by atoms with Gasteiger partial charge in [0.15, 0.2) is 11.7 Å². The van der Waals surface area contributed by atoms with Gasteiger partial charge in [-0.25, -0.2) is 14.1 Å². The SMILES string of the molecule is COC(=O)C(C)NP(=O)(OC[C@H]1O[C@@H](n2cnc3c(N)[n+](C)cnc32)C(O)[C@H]1O)Oc1ccccc1. The number of aromatic nitrogens is 4. The van der Waals surface area contributed by atoms with E-state index >= 15 is 0 Å². The number of imidazole rings is 1. The molecule has 0 spiro atoms. The largest absolute Gasteiger partial charge is 0.468 e. The first-order chi connectivity index (χ1) is 17.1. The summed E-state index contributed by atoms with van der Waals surface area (Å²) >= 11 is 0. The number of methoxy groups -OCH3 is 1. The highest BCUT2D eigenvalue weighted by molar-refractivity contribution is 7.52. The summed E-state index contributed by atoms with van der Waals surface area (Å²) in [5.41, 5.74) is 6.78. The molecule has 0 saturated carbocycles. The van der Waals surface area contributed by atoms with Crippen molar-refractivity contribution >= 4 is 30.7 Å². The molecule has 1 aliphatic heterocycles. The fourth-order valence-electron chi connectivity index (χ4n) is 3.66. The predicted molar refractivity (Wildman–Crippen MR) is 124 cm³/mol. The number of nitrogens with zero attached hydrogens (tertiary/aromatic N) is 4. The number of carbonyl (C=O) groups is 1. The van der Waals surface area contributed by atoms with Crippen LogP contribution in [-0.4, -0.2) is 68.8 Å². The number of aliphatic hydroxyl groups is 2. The standard InChI is InChI=1S/C21H27N6O8P/c1-12(21(30)32-3)25-36(31,35-13-7-5-4-6-8-13)33-9-14-16(28)17(29)20(34-14)27-11-23-15-18(22)26(2)10-24-19(15)27/h4-8,10-12,14,16-17,20,22,28-29H,9H2,1-3H3,(H,25,31)/p+1/t12?,14-,16+,17?,20-,36?/m1/s1. The third-order valence-electron chi connectivity index (χ3n) is 5.64. The fourth-order valence-corrected chi connectivity index (χ4v) is 5.17. The second-order valence-corrected chi connectivity index (χ2v) is 9.88. The molecule has 15 heteroatoms.